The Labute approximate surface area is 134 Å². The number of benzene rings is 2. The Balaban J connectivity index is 1.92. The van der Waals surface area contributed by atoms with Gasteiger partial charge in [-0.15, -0.1) is 0 Å². The Morgan fingerprint density at radius 1 is 1.09 bits per heavy atom. The SMILES string of the molecule is COc1cccc(/C=N/NC(=O)C(=O)Nc2ccccc2C)c1. The molecular formula is C17H17N3O3. The summed E-state index contributed by atoms with van der Waals surface area (Å²) >= 11 is 0. The maximum absolute atomic E-state index is 11.8. The first kappa shape index (κ1) is 16.2. The molecule has 0 atom stereocenters. The van der Waals surface area contributed by atoms with E-state index in [4.69, 9.17) is 4.74 Å². The van der Waals surface area contributed by atoms with Gasteiger partial charge in [0.05, 0.1) is 13.3 Å². The highest BCUT2D eigenvalue weighted by atomic mass is 16.5. The Morgan fingerprint density at radius 3 is 2.61 bits per heavy atom. The summed E-state index contributed by atoms with van der Waals surface area (Å²) in [4.78, 5) is 23.5. The second-order valence-corrected chi connectivity index (χ2v) is 4.74. The minimum Gasteiger partial charge on any atom is -0.497 e. The Kier molecular flexibility index (Phi) is 5.46. The maximum Gasteiger partial charge on any atom is 0.329 e. The number of methoxy groups -OCH3 is 1. The normalized spacial score (nSPS) is 10.3. The average molecular weight is 311 g/mol. The standard InChI is InChI=1S/C17H17N3O3/c1-12-6-3-4-9-15(12)19-16(21)17(22)20-18-11-13-7-5-8-14(10-13)23-2/h3-11H,1-2H3,(H,19,21)(H,20,22)/b18-11+. The van der Waals surface area contributed by atoms with Gasteiger partial charge >= 0.3 is 11.8 Å². The van der Waals surface area contributed by atoms with Gasteiger partial charge in [0.2, 0.25) is 0 Å². The molecule has 0 aromatic heterocycles. The van der Waals surface area contributed by atoms with Crippen molar-refractivity contribution in [3.05, 3.63) is 59.7 Å². The van der Waals surface area contributed by atoms with Gasteiger partial charge in [0.15, 0.2) is 0 Å². The molecule has 0 bridgehead atoms. The van der Waals surface area contributed by atoms with Crippen molar-refractivity contribution < 1.29 is 14.3 Å². The van der Waals surface area contributed by atoms with E-state index in [1.54, 1.807) is 43.5 Å². The molecule has 0 saturated heterocycles. The number of rotatable bonds is 4. The van der Waals surface area contributed by atoms with Crippen LogP contribution in [0.15, 0.2) is 53.6 Å². The predicted octanol–water partition coefficient (Wildman–Crippen LogP) is 2.09. The minimum absolute atomic E-state index is 0.587. The fourth-order valence-corrected chi connectivity index (χ4v) is 1.83. The third kappa shape index (κ3) is 4.67. The molecule has 6 nitrogen and oxygen atoms in total. The van der Waals surface area contributed by atoms with Crippen LogP contribution in [0.2, 0.25) is 0 Å². The summed E-state index contributed by atoms with van der Waals surface area (Å²) in [5, 5.41) is 6.29. The number of amides is 2. The summed E-state index contributed by atoms with van der Waals surface area (Å²) in [6, 6.07) is 14.3. The van der Waals surface area contributed by atoms with Crippen LogP contribution in [0.1, 0.15) is 11.1 Å². The van der Waals surface area contributed by atoms with E-state index in [2.05, 4.69) is 15.8 Å². The van der Waals surface area contributed by atoms with E-state index in [1.165, 1.54) is 6.21 Å². The highest BCUT2D eigenvalue weighted by Crippen LogP contribution is 2.13. The van der Waals surface area contributed by atoms with Crippen molar-refractivity contribution in [1.82, 2.24) is 5.43 Å². The summed E-state index contributed by atoms with van der Waals surface area (Å²) in [6.07, 6.45) is 1.43. The molecule has 23 heavy (non-hydrogen) atoms. The molecule has 0 aliphatic carbocycles. The Hall–Kier alpha value is -3.15. The predicted molar refractivity (Wildman–Crippen MR) is 88.5 cm³/mol. The fourth-order valence-electron chi connectivity index (χ4n) is 1.83. The van der Waals surface area contributed by atoms with Gasteiger partial charge in [0, 0.05) is 5.69 Å². The largest absolute Gasteiger partial charge is 0.497 e. The van der Waals surface area contributed by atoms with E-state index < -0.39 is 11.8 Å². The monoisotopic (exact) mass is 311 g/mol. The summed E-state index contributed by atoms with van der Waals surface area (Å²) < 4.78 is 5.08. The lowest BCUT2D eigenvalue weighted by Gasteiger charge is -2.06. The van der Waals surface area contributed by atoms with Crippen molar-refractivity contribution in [3.8, 4) is 5.75 Å². The summed E-state index contributed by atoms with van der Waals surface area (Å²) in [5.41, 5.74) is 4.38. The van der Waals surface area contributed by atoms with E-state index in [0.29, 0.717) is 11.4 Å². The lowest BCUT2D eigenvalue weighted by atomic mass is 10.2. The maximum atomic E-state index is 11.8. The molecule has 0 aliphatic heterocycles. The van der Waals surface area contributed by atoms with Crippen LogP contribution < -0.4 is 15.5 Å². The van der Waals surface area contributed by atoms with Crippen molar-refractivity contribution in [2.24, 2.45) is 5.10 Å². The molecule has 2 amide bonds. The van der Waals surface area contributed by atoms with Gasteiger partial charge in [0.25, 0.3) is 0 Å². The highest BCUT2D eigenvalue weighted by molar-refractivity contribution is 6.39. The zero-order valence-corrected chi connectivity index (χ0v) is 12.9. The average Bonchev–Trinajstić information content (AvgIpc) is 2.57. The smallest absolute Gasteiger partial charge is 0.329 e. The van der Waals surface area contributed by atoms with E-state index in [0.717, 1.165) is 11.1 Å². The van der Waals surface area contributed by atoms with Crippen LogP contribution in [-0.4, -0.2) is 25.1 Å². The third-order valence-corrected chi connectivity index (χ3v) is 3.07. The number of nitrogens with zero attached hydrogens (tertiary/aromatic N) is 1. The second kappa shape index (κ2) is 7.74. The molecule has 6 heteroatoms. The molecule has 0 fully saturated rings. The van der Waals surface area contributed by atoms with E-state index in [-0.39, 0.29) is 0 Å². The second-order valence-electron chi connectivity index (χ2n) is 4.74. The van der Waals surface area contributed by atoms with Crippen LogP contribution >= 0.6 is 0 Å². The number of carbonyl (C=O) groups excluding carboxylic acids is 2. The van der Waals surface area contributed by atoms with Crippen LogP contribution in [0.25, 0.3) is 0 Å². The van der Waals surface area contributed by atoms with Crippen LogP contribution in [-0.2, 0) is 9.59 Å². The number of para-hydroxylation sites is 1. The van der Waals surface area contributed by atoms with Crippen LogP contribution in [0.3, 0.4) is 0 Å². The summed E-state index contributed by atoms with van der Waals surface area (Å²) in [6.45, 7) is 1.84. The van der Waals surface area contributed by atoms with Gasteiger partial charge in [0.1, 0.15) is 5.75 Å². The molecule has 0 saturated carbocycles. The van der Waals surface area contributed by atoms with E-state index >= 15 is 0 Å². The molecule has 2 aromatic carbocycles. The lowest BCUT2D eigenvalue weighted by molar-refractivity contribution is -0.136. The zero-order valence-electron chi connectivity index (χ0n) is 12.9. The first-order valence-corrected chi connectivity index (χ1v) is 6.94. The quantitative estimate of drug-likeness (QED) is 0.515. The first-order chi connectivity index (χ1) is 11.1. The Bertz CT molecular complexity index is 741. The summed E-state index contributed by atoms with van der Waals surface area (Å²) in [7, 11) is 1.56. The van der Waals surface area contributed by atoms with Crippen molar-refractivity contribution in [2.45, 2.75) is 6.92 Å². The van der Waals surface area contributed by atoms with Crippen LogP contribution in [0.5, 0.6) is 5.75 Å². The van der Waals surface area contributed by atoms with E-state index in [1.807, 2.05) is 19.1 Å². The van der Waals surface area contributed by atoms with Crippen molar-refractivity contribution >= 4 is 23.7 Å². The van der Waals surface area contributed by atoms with Crippen molar-refractivity contribution in [1.29, 1.82) is 0 Å². The molecular weight excluding hydrogens is 294 g/mol. The number of anilines is 1. The summed E-state index contributed by atoms with van der Waals surface area (Å²) in [5.74, 6) is -0.938. The molecule has 2 N–H and O–H groups in total. The molecule has 0 radical (unpaired) electrons. The molecule has 2 aromatic rings. The highest BCUT2D eigenvalue weighted by Gasteiger charge is 2.13. The topological polar surface area (TPSA) is 79.8 Å². The van der Waals surface area contributed by atoms with Crippen LogP contribution in [0.4, 0.5) is 5.69 Å². The number of aryl methyl sites for hydroxylation is 1. The van der Waals surface area contributed by atoms with Gasteiger partial charge in [-0.25, -0.2) is 5.43 Å². The van der Waals surface area contributed by atoms with Crippen molar-refractivity contribution in [2.75, 3.05) is 12.4 Å². The third-order valence-electron chi connectivity index (χ3n) is 3.07. The number of hydrogen-bond acceptors (Lipinski definition) is 4. The van der Waals surface area contributed by atoms with Crippen molar-refractivity contribution in [3.63, 3.8) is 0 Å². The molecule has 118 valence electrons. The van der Waals surface area contributed by atoms with Gasteiger partial charge < -0.3 is 10.1 Å². The number of hydrogen-bond donors (Lipinski definition) is 2. The number of nitrogens with one attached hydrogen (secondary N) is 2. The van der Waals surface area contributed by atoms with Gasteiger partial charge in [-0.1, -0.05) is 30.3 Å². The minimum atomic E-state index is -0.840. The Morgan fingerprint density at radius 2 is 1.87 bits per heavy atom. The first-order valence-electron chi connectivity index (χ1n) is 6.94. The van der Waals surface area contributed by atoms with Crippen LogP contribution in [0, 0.1) is 6.92 Å². The van der Waals surface area contributed by atoms with Gasteiger partial charge in [-0.05, 0) is 36.2 Å². The van der Waals surface area contributed by atoms with E-state index in [9.17, 15) is 9.59 Å². The molecule has 2 rings (SSSR count). The number of hydrazone groups is 1. The molecule has 0 heterocycles. The zero-order chi connectivity index (χ0) is 16.7. The van der Waals surface area contributed by atoms with Gasteiger partial charge in [-0.3, -0.25) is 9.59 Å². The number of carbonyl (C=O) groups is 2. The molecule has 0 spiro atoms. The molecule has 0 unspecified atom stereocenters. The van der Waals surface area contributed by atoms with Gasteiger partial charge in [-0.2, -0.15) is 5.10 Å². The fraction of sp³-hybridized carbons (Fsp3) is 0.118. The number of ether oxygens (including phenoxy) is 1. The molecule has 0 aliphatic rings. The lowest BCUT2D eigenvalue weighted by Crippen LogP contribution is -2.32.